The summed E-state index contributed by atoms with van der Waals surface area (Å²) in [7, 11) is 0. The molecule has 1 aliphatic heterocycles. The monoisotopic (exact) mass is 505 g/mol. The highest BCUT2D eigenvalue weighted by molar-refractivity contribution is 9.10. The van der Waals surface area contributed by atoms with Crippen molar-refractivity contribution in [2.24, 2.45) is 5.10 Å². The number of hydrogen-bond acceptors (Lipinski definition) is 5. The van der Waals surface area contributed by atoms with Crippen LogP contribution in [0.15, 0.2) is 58.1 Å². The Bertz CT molecular complexity index is 980. The first kappa shape index (κ1) is 23.0. The van der Waals surface area contributed by atoms with Crippen LogP contribution in [0.4, 0.5) is 33.3 Å². The van der Waals surface area contributed by atoms with Crippen LogP contribution in [-0.2, 0) is 9.53 Å². The molecule has 0 bridgehead atoms. The third-order valence-electron chi connectivity index (χ3n) is 4.58. The molecule has 1 atom stereocenters. The van der Waals surface area contributed by atoms with E-state index >= 15 is 0 Å². The molecule has 0 radical (unpaired) electrons. The van der Waals surface area contributed by atoms with Crippen molar-refractivity contribution >= 4 is 39.1 Å². The van der Waals surface area contributed by atoms with Crippen LogP contribution < -0.4 is 9.91 Å². The average molecular weight is 506 g/mol. The molecule has 0 aliphatic carbocycles. The number of anilines is 2. The van der Waals surface area contributed by atoms with E-state index in [2.05, 4.69) is 21.0 Å². The molecule has 1 heterocycles. The lowest BCUT2D eigenvalue weighted by atomic mass is 10.0. The van der Waals surface area contributed by atoms with Crippen LogP contribution in [0.3, 0.4) is 0 Å². The van der Waals surface area contributed by atoms with Crippen molar-refractivity contribution in [3.05, 3.63) is 58.6 Å². The maximum atomic E-state index is 14.7. The largest absolute Gasteiger partial charge is 0.463 e. The van der Waals surface area contributed by atoms with Gasteiger partial charge in [0.05, 0.1) is 12.3 Å². The van der Waals surface area contributed by atoms with Crippen LogP contribution in [0.2, 0.25) is 0 Å². The van der Waals surface area contributed by atoms with E-state index in [1.807, 2.05) is 0 Å². The van der Waals surface area contributed by atoms with Gasteiger partial charge in [0, 0.05) is 10.2 Å². The van der Waals surface area contributed by atoms with Gasteiger partial charge in [-0.15, -0.1) is 5.10 Å². The topological polar surface area (TPSA) is 45.1 Å². The van der Waals surface area contributed by atoms with Crippen molar-refractivity contribution < 1.29 is 31.5 Å². The van der Waals surface area contributed by atoms with Gasteiger partial charge in [0.15, 0.2) is 5.84 Å². The summed E-state index contributed by atoms with van der Waals surface area (Å²) in [6.07, 6.45) is -8.78. The number of carbonyl (C=O) groups excluding carboxylic acids is 1. The summed E-state index contributed by atoms with van der Waals surface area (Å²) in [5.41, 5.74) is -3.48. The molecule has 2 aromatic rings. The Morgan fingerprint density at radius 1 is 1.10 bits per heavy atom. The summed E-state index contributed by atoms with van der Waals surface area (Å²) in [5, 5.41) is 3.83. The fourth-order valence-corrected chi connectivity index (χ4v) is 3.50. The molecule has 0 saturated carbocycles. The van der Waals surface area contributed by atoms with Crippen LogP contribution in [-0.4, -0.2) is 36.7 Å². The molecule has 31 heavy (non-hydrogen) atoms. The zero-order valence-electron chi connectivity index (χ0n) is 16.3. The Balaban J connectivity index is 2.36. The zero-order valence-corrected chi connectivity index (χ0v) is 17.9. The van der Waals surface area contributed by atoms with Crippen LogP contribution in [0.1, 0.15) is 12.5 Å². The molecule has 1 aliphatic rings. The first-order chi connectivity index (χ1) is 14.5. The number of carbonyl (C=O) groups is 1. The molecule has 0 saturated heterocycles. The number of alkyl halides is 5. The van der Waals surface area contributed by atoms with E-state index in [-0.39, 0.29) is 21.3 Å². The van der Waals surface area contributed by atoms with E-state index in [1.165, 1.54) is 55.5 Å². The normalized spacial score (nSPS) is 19.1. The van der Waals surface area contributed by atoms with Gasteiger partial charge in [-0.1, -0.05) is 33.6 Å². The summed E-state index contributed by atoms with van der Waals surface area (Å²) in [6, 6.07) is 10.6. The Morgan fingerprint density at radius 3 is 2.13 bits per heavy atom. The number of hydrogen-bond donors (Lipinski definition) is 0. The number of hydrazone groups is 1. The van der Waals surface area contributed by atoms with Gasteiger partial charge in [-0.25, -0.2) is 18.6 Å². The van der Waals surface area contributed by atoms with Gasteiger partial charge in [-0.3, -0.25) is 4.90 Å². The second kappa shape index (κ2) is 8.45. The highest BCUT2D eigenvalue weighted by atomic mass is 79.9. The SMILES string of the molecule is CCOC(=O)C1(C(F)(F)F)N(c2ccc(Br)cc2)N=C(C(F)F)N1c1ccc(C)cc1. The fraction of sp³-hybridized carbons (Fsp3) is 0.300. The lowest BCUT2D eigenvalue weighted by Gasteiger charge is -2.42. The summed E-state index contributed by atoms with van der Waals surface area (Å²) >= 11 is 3.17. The minimum Gasteiger partial charge on any atom is -0.463 e. The minimum atomic E-state index is -5.38. The van der Waals surface area contributed by atoms with Crippen LogP contribution in [0.5, 0.6) is 0 Å². The smallest absolute Gasteiger partial charge is 0.444 e. The van der Waals surface area contributed by atoms with Gasteiger partial charge >= 0.3 is 17.8 Å². The number of ether oxygens (including phenoxy) is 1. The van der Waals surface area contributed by atoms with Gasteiger partial charge in [-0.2, -0.15) is 13.2 Å². The maximum Gasteiger partial charge on any atom is 0.444 e. The summed E-state index contributed by atoms with van der Waals surface area (Å²) in [5.74, 6) is -3.00. The van der Waals surface area contributed by atoms with E-state index in [0.29, 0.717) is 10.0 Å². The lowest BCUT2D eigenvalue weighted by molar-refractivity contribution is -0.203. The summed E-state index contributed by atoms with van der Waals surface area (Å²) in [6.45, 7) is 2.62. The van der Waals surface area contributed by atoms with Crippen molar-refractivity contribution in [1.82, 2.24) is 0 Å². The van der Waals surface area contributed by atoms with Gasteiger partial charge in [0.25, 0.3) is 6.43 Å². The predicted octanol–water partition coefficient (Wildman–Crippen LogP) is 5.48. The molecule has 166 valence electrons. The average Bonchev–Trinajstić information content (AvgIpc) is 3.07. The molecule has 1 unspecified atom stereocenters. The molecule has 5 nitrogen and oxygen atoms in total. The van der Waals surface area contributed by atoms with Crippen molar-refractivity contribution in [2.45, 2.75) is 32.1 Å². The first-order valence-corrected chi connectivity index (χ1v) is 9.86. The maximum absolute atomic E-state index is 14.7. The van der Waals surface area contributed by atoms with E-state index in [9.17, 15) is 26.7 Å². The quantitative estimate of drug-likeness (QED) is 0.398. The highest BCUT2D eigenvalue weighted by Gasteiger charge is 2.74. The lowest BCUT2D eigenvalue weighted by Crippen LogP contribution is -2.71. The highest BCUT2D eigenvalue weighted by Crippen LogP contribution is 2.48. The number of esters is 1. The number of amidine groups is 1. The molecule has 0 spiro atoms. The number of rotatable bonds is 5. The minimum absolute atomic E-state index is 0.206. The summed E-state index contributed by atoms with van der Waals surface area (Å²) < 4.78 is 77.5. The first-order valence-electron chi connectivity index (χ1n) is 9.07. The Hall–Kier alpha value is -2.69. The number of aryl methyl sites for hydroxylation is 1. The van der Waals surface area contributed by atoms with Crippen molar-refractivity contribution in [3.63, 3.8) is 0 Å². The van der Waals surface area contributed by atoms with Crippen LogP contribution in [0.25, 0.3) is 0 Å². The molecule has 2 aromatic carbocycles. The Kier molecular flexibility index (Phi) is 6.26. The predicted molar refractivity (Wildman–Crippen MR) is 109 cm³/mol. The number of benzene rings is 2. The zero-order chi connectivity index (χ0) is 23.0. The van der Waals surface area contributed by atoms with Crippen molar-refractivity contribution in [1.29, 1.82) is 0 Å². The molecular formula is C20H17BrF5N3O2. The molecule has 0 aromatic heterocycles. The second-order valence-electron chi connectivity index (χ2n) is 6.61. The molecule has 0 amide bonds. The number of halogens is 6. The third kappa shape index (κ3) is 3.86. The van der Waals surface area contributed by atoms with E-state index in [1.54, 1.807) is 6.92 Å². The van der Waals surface area contributed by atoms with Crippen molar-refractivity contribution in [2.75, 3.05) is 16.5 Å². The molecule has 11 heteroatoms. The van der Waals surface area contributed by atoms with Gasteiger partial charge in [0.1, 0.15) is 0 Å². The van der Waals surface area contributed by atoms with E-state index in [4.69, 9.17) is 4.74 Å². The van der Waals surface area contributed by atoms with Gasteiger partial charge < -0.3 is 4.74 Å². The standard InChI is InChI=1S/C20H17BrF5N3O2/c1-3-31-18(30)19(20(24,25)26)28(14-8-4-12(2)5-9-14)17(16(22)23)27-29(19)15-10-6-13(21)7-11-15/h4-11,16H,3H2,1-2H3. The third-order valence-corrected chi connectivity index (χ3v) is 5.10. The second-order valence-corrected chi connectivity index (χ2v) is 7.52. The Morgan fingerprint density at radius 2 is 1.65 bits per heavy atom. The van der Waals surface area contributed by atoms with E-state index in [0.717, 1.165) is 0 Å². The van der Waals surface area contributed by atoms with Crippen molar-refractivity contribution in [3.8, 4) is 0 Å². The molecular weight excluding hydrogens is 489 g/mol. The number of nitrogens with zero attached hydrogens (tertiary/aromatic N) is 3. The fourth-order valence-electron chi connectivity index (χ4n) is 3.23. The Labute approximate surface area is 183 Å². The van der Waals surface area contributed by atoms with E-state index < -0.39 is 36.7 Å². The van der Waals surface area contributed by atoms with Crippen LogP contribution in [0, 0.1) is 6.92 Å². The molecule has 0 fully saturated rings. The van der Waals surface area contributed by atoms with Gasteiger partial charge in [-0.05, 0) is 50.2 Å². The molecule has 3 rings (SSSR count). The molecule has 0 N–H and O–H groups in total. The van der Waals surface area contributed by atoms with Gasteiger partial charge in [0.2, 0.25) is 0 Å². The van der Waals surface area contributed by atoms with Crippen LogP contribution >= 0.6 is 15.9 Å². The summed E-state index contributed by atoms with van der Waals surface area (Å²) in [4.78, 5) is 13.1.